The zero-order valence-corrected chi connectivity index (χ0v) is 13.0. The number of rotatable bonds is 3. The first-order chi connectivity index (χ1) is 8.08. The molecule has 0 unspecified atom stereocenters. The van der Waals surface area contributed by atoms with E-state index in [4.69, 9.17) is 0 Å². The Morgan fingerprint density at radius 3 is 2.65 bits per heavy atom. The van der Waals surface area contributed by atoms with Crippen molar-refractivity contribution in [2.45, 2.75) is 13.5 Å². The van der Waals surface area contributed by atoms with E-state index in [1.165, 1.54) is 11.6 Å². The summed E-state index contributed by atoms with van der Waals surface area (Å²) in [6, 6.07) is 3.29. The van der Waals surface area contributed by atoms with Gasteiger partial charge in [-0.05, 0) is 67.4 Å². The van der Waals surface area contributed by atoms with E-state index in [-0.39, 0.29) is 5.82 Å². The third-order valence-corrected chi connectivity index (χ3v) is 4.87. The highest BCUT2D eigenvalue weighted by Crippen LogP contribution is 2.26. The predicted octanol–water partition coefficient (Wildman–Crippen LogP) is 5.33. The Kier molecular flexibility index (Phi) is 4.22. The largest absolute Gasteiger partial charge is 0.381 e. The average Bonchev–Trinajstić information content (AvgIpc) is 2.68. The van der Waals surface area contributed by atoms with Crippen LogP contribution in [0.2, 0.25) is 0 Å². The Bertz CT molecular complexity index is 539. The normalized spacial score (nSPS) is 10.6. The molecule has 0 aliphatic rings. The molecule has 0 spiro atoms. The topological polar surface area (TPSA) is 12.0 Å². The Morgan fingerprint density at radius 2 is 2.00 bits per heavy atom. The van der Waals surface area contributed by atoms with Crippen LogP contribution in [0.3, 0.4) is 0 Å². The highest BCUT2D eigenvalue weighted by molar-refractivity contribution is 9.10. The second kappa shape index (κ2) is 5.50. The minimum atomic E-state index is -0.248. The Hall–Kier alpha value is -0.390. The van der Waals surface area contributed by atoms with Crippen molar-refractivity contribution in [1.29, 1.82) is 0 Å². The smallest absolute Gasteiger partial charge is 0.139 e. The maximum atomic E-state index is 13.4. The van der Waals surface area contributed by atoms with Crippen molar-refractivity contribution >= 4 is 48.9 Å². The summed E-state index contributed by atoms with van der Waals surface area (Å²) in [5.41, 5.74) is 3.02. The molecule has 0 saturated heterocycles. The minimum Gasteiger partial charge on any atom is -0.381 e. The Balaban J connectivity index is 2.14. The van der Waals surface area contributed by atoms with E-state index < -0.39 is 0 Å². The van der Waals surface area contributed by atoms with Crippen LogP contribution in [0.15, 0.2) is 31.8 Å². The lowest BCUT2D eigenvalue weighted by atomic mass is 10.2. The maximum Gasteiger partial charge on any atom is 0.139 e. The van der Waals surface area contributed by atoms with Gasteiger partial charge >= 0.3 is 0 Å². The van der Waals surface area contributed by atoms with Gasteiger partial charge in [0.1, 0.15) is 5.82 Å². The fourth-order valence-corrected chi connectivity index (χ4v) is 3.36. The van der Waals surface area contributed by atoms with Crippen LogP contribution in [0, 0.1) is 12.7 Å². The van der Waals surface area contributed by atoms with Gasteiger partial charge in [0.2, 0.25) is 0 Å². The van der Waals surface area contributed by atoms with Crippen LogP contribution in [-0.4, -0.2) is 0 Å². The van der Waals surface area contributed by atoms with Crippen LogP contribution in [0.25, 0.3) is 0 Å². The summed E-state index contributed by atoms with van der Waals surface area (Å²) in [5, 5.41) is 7.34. The predicted molar refractivity (Wildman–Crippen MR) is 78.2 cm³/mol. The van der Waals surface area contributed by atoms with Crippen LogP contribution in [-0.2, 0) is 6.54 Å². The molecular formula is C12H10Br2FNS. The van der Waals surface area contributed by atoms with E-state index in [9.17, 15) is 4.39 Å². The summed E-state index contributed by atoms with van der Waals surface area (Å²) in [4.78, 5) is 0. The fraction of sp³-hybridized carbons (Fsp3) is 0.167. The van der Waals surface area contributed by atoms with Gasteiger partial charge in [0.25, 0.3) is 0 Å². The van der Waals surface area contributed by atoms with Gasteiger partial charge in [-0.15, -0.1) is 0 Å². The van der Waals surface area contributed by atoms with Crippen molar-refractivity contribution in [3.8, 4) is 0 Å². The van der Waals surface area contributed by atoms with Crippen LogP contribution in [0.5, 0.6) is 0 Å². The van der Waals surface area contributed by atoms with Gasteiger partial charge < -0.3 is 5.32 Å². The number of anilines is 1. The van der Waals surface area contributed by atoms with Gasteiger partial charge in [-0.25, -0.2) is 4.39 Å². The quantitative estimate of drug-likeness (QED) is 0.760. The molecule has 0 aliphatic carbocycles. The van der Waals surface area contributed by atoms with Gasteiger partial charge in [0.05, 0.1) is 4.47 Å². The molecule has 0 atom stereocenters. The minimum absolute atomic E-state index is 0.248. The molecule has 1 aromatic heterocycles. The molecule has 17 heavy (non-hydrogen) atoms. The van der Waals surface area contributed by atoms with Crippen molar-refractivity contribution in [2.24, 2.45) is 0 Å². The second-order valence-electron chi connectivity index (χ2n) is 3.68. The van der Waals surface area contributed by atoms with Crippen molar-refractivity contribution in [3.63, 3.8) is 0 Å². The first kappa shape index (κ1) is 13.1. The average molecular weight is 379 g/mol. The number of halogens is 3. The number of thiophene rings is 1. The van der Waals surface area contributed by atoms with E-state index in [0.29, 0.717) is 11.0 Å². The second-order valence-corrected chi connectivity index (χ2v) is 6.13. The zero-order chi connectivity index (χ0) is 12.4. The molecule has 0 amide bonds. The van der Waals surface area contributed by atoms with Crippen molar-refractivity contribution in [2.75, 3.05) is 5.32 Å². The van der Waals surface area contributed by atoms with Crippen molar-refractivity contribution in [3.05, 3.63) is 48.8 Å². The van der Waals surface area contributed by atoms with Crippen LogP contribution in [0.4, 0.5) is 10.1 Å². The van der Waals surface area contributed by atoms with Gasteiger partial charge in [-0.3, -0.25) is 0 Å². The first-order valence-corrected chi connectivity index (χ1v) is 7.51. The number of benzene rings is 1. The molecule has 90 valence electrons. The fourth-order valence-electron chi connectivity index (χ4n) is 1.46. The van der Waals surface area contributed by atoms with E-state index in [1.54, 1.807) is 17.4 Å². The molecule has 0 bridgehead atoms. The Labute approximate surface area is 120 Å². The van der Waals surface area contributed by atoms with Gasteiger partial charge in [-0.2, -0.15) is 11.3 Å². The highest BCUT2D eigenvalue weighted by atomic mass is 79.9. The zero-order valence-electron chi connectivity index (χ0n) is 9.06. The molecular weight excluding hydrogens is 369 g/mol. The van der Waals surface area contributed by atoms with E-state index >= 15 is 0 Å². The SMILES string of the molecule is Cc1cc(Br)c(F)cc1NCc1cscc1Br. The third-order valence-electron chi connectivity index (χ3n) is 2.43. The number of hydrogen-bond acceptors (Lipinski definition) is 2. The summed E-state index contributed by atoms with van der Waals surface area (Å²) in [6.07, 6.45) is 0. The van der Waals surface area contributed by atoms with E-state index in [0.717, 1.165) is 15.7 Å². The van der Waals surface area contributed by atoms with Gasteiger partial charge in [0.15, 0.2) is 0 Å². The monoisotopic (exact) mass is 377 g/mol. The summed E-state index contributed by atoms with van der Waals surface area (Å²) in [5.74, 6) is -0.248. The van der Waals surface area contributed by atoms with Gasteiger partial charge in [0, 0.05) is 22.1 Å². The van der Waals surface area contributed by atoms with Crippen molar-refractivity contribution in [1.82, 2.24) is 0 Å². The summed E-state index contributed by atoms with van der Waals surface area (Å²) >= 11 is 8.29. The molecule has 5 heteroatoms. The number of aryl methyl sites for hydroxylation is 1. The number of hydrogen-bond donors (Lipinski definition) is 1. The summed E-state index contributed by atoms with van der Waals surface area (Å²) < 4.78 is 15.0. The van der Waals surface area contributed by atoms with Crippen molar-refractivity contribution < 1.29 is 4.39 Å². The van der Waals surface area contributed by atoms with E-state index in [2.05, 4.69) is 42.6 Å². The maximum absolute atomic E-state index is 13.4. The molecule has 2 rings (SSSR count). The Morgan fingerprint density at radius 1 is 1.24 bits per heavy atom. The highest BCUT2D eigenvalue weighted by Gasteiger charge is 2.06. The molecule has 1 nitrogen and oxygen atoms in total. The standard InChI is InChI=1S/C12H10Br2FNS/c1-7-2-9(13)11(15)3-12(7)16-4-8-5-17-6-10(8)14/h2-3,5-6,16H,4H2,1H3. The lowest BCUT2D eigenvalue weighted by Gasteiger charge is -2.10. The molecule has 2 aromatic rings. The summed E-state index contributed by atoms with van der Waals surface area (Å²) in [7, 11) is 0. The molecule has 0 radical (unpaired) electrons. The van der Waals surface area contributed by atoms with Crippen LogP contribution in [0.1, 0.15) is 11.1 Å². The lowest BCUT2D eigenvalue weighted by molar-refractivity contribution is 0.621. The first-order valence-electron chi connectivity index (χ1n) is 4.98. The molecule has 0 aliphatic heterocycles. The number of nitrogens with one attached hydrogen (secondary N) is 1. The van der Waals surface area contributed by atoms with E-state index in [1.807, 2.05) is 12.3 Å². The molecule has 1 aromatic carbocycles. The molecule has 1 N–H and O–H groups in total. The van der Waals surface area contributed by atoms with Gasteiger partial charge in [-0.1, -0.05) is 0 Å². The molecule has 1 heterocycles. The summed E-state index contributed by atoms with van der Waals surface area (Å²) in [6.45, 7) is 2.64. The third kappa shape index (κ3) is 3.09. The molecule has 0 saturated carbocycles. The lowest BCUT2D eigenvalue weighted by Crippen LogP contribution is -2.01. The van der Waals surface area contributed by atoms with Crippen LogP contribution >= 0.6 is 43.2 Å². The van der Waals surface area contributed by atoms with Crippen LogP contribution < -0.4 is 5.32 Å². The molecule has 0 fully saturated rings.